The van der Waals surface area contributed by atoms with E-state index in [0.717, 1.165) is 11.1 Å². The molecule has 0 aromatic heterocycles. The van der Waals surface area contributed by atoms with Crippen LogP contribution in [-0.4, -0.2) is 42.0 Å². The van der Waals surface area contributed by atoms with Crippen LogP contribution in [0.2, 0.25) is 0 Å². The monoisotopic (exact) mass is 407 g/mol. The molecule has 30 heavy (non-hydrogen) atoms. The third kappa shape index (κ3) is 4.31. The standard InChI is InChI=1S/C25H29NO4/c1-16(2)18-10-12-19(13-11-18)22-21(23(27)20-8-6-17(3)7-9-20)24(28)25(29)26(22)14-5-15-30-4/h6-13,16,22,27H,5,14-15H2,1-4H3/t22-/m0/s1. The Morgan fingerprint density at radius 2 is 1.70 bits per heavy atom. The molecular formula is C25H29NO4. The van der Waals surface area contributed by atoms with Gasteiger partial charge in [0.1, 0.15) is 5.76 Å². The Balaban J connectivity index is 2.10. The second-order valence-electron chi connectivity index (χ2n) is 8.03. The molecular weight excluding hydrogens is 378 g/mol. The molecule has 1 amide bonds. The first-order chi connectivity index (χ1) is 14.3. The average molecular weight is 408 g/mol. The Morgan fingerprint density at radius 1 is 1.07 bits per heavy atom. The number of methoxy groups -OCH3 is 1. The SMILES string of the molecule is COCCCN1C(=O)C(=O)C(=C(O)c2ccc(C)cc2)[C@@H]1c1ccc(C(C)C)cc1. The maximum Gasteiger partial charge on any atom is 0.295 e. The predicted octanol–water partition coefficient (Wildman–Crippen LogP) is 4.58. The van der Waals surface area contributed by atoms with Gasteiger partial charge in [0.15, 0.2) is 0 Å². The van der Waals surface area contributed by atoms with Crippen LogP contribution < -0.4 is 0 Å². The topological polar surface area (TPSA) is 66.8 Å². The largest absolute Gasteiger partial charge is 0.507 e. The maximum absolute atomic E-state index is 12.9. The van der Waals surface area contributed by atoms with Crippen LogP contribution >= 0.6 is 0 Å². The number of aliphatic hydroxyl groups excluding tert-OH is 1. The van der Waals surface area contributed by atoms with E-state index in [-0.39, 0.29) is 11.3 Å². The minimum atomic E-state index is -0.650. The molecule has 1 atom stereocenters. The molecule has 1 aliphatic rings. The van der Waals surface area contributed by atoms with Gasteiger partial charge in [-0.2, -0.15) is 0 Å². The summed E-state index contributed by atoms with van der Waals surface area (Å²) < 4.78 is 5.12. The molecule has 0 radical (unpaired) electrons. The molecule has 1 aliphatic heterocycles. The molecule has 3 rings (SSSR count). The van der Waals surface area contributed by atoms with E-state index in [4.69, 9.17) is 4.74 Å². The molecule has 1 N–H and O–H groups in total. The van der Waals surface area contributed by atoms with Crippen LogP contribution in [0, 0.1) is 6.92 Å². The number of aryl methyl sites for hydroxylation is 1. The van der Waals surface area contributed by atoms with E-state index in [2.05, 4.69) is 13.8 Å². The number of aliphatic hydroxyl groups is 1. The van der Waals surface area contributed by atoms with Crippen LogP contribution in [0.3, 0.4) is 0 Å². The Kier molecular flexibility index (Phi) is 6.73. The highest BCUT2D eigenvalue weighted by Crippen LogP contribution is 2.39. The molecule has 1 heterocycles. The van der Waals surface area contributed by atoms with E-state index >= 15 is 0 Å². The number of ketones is 1. The lowest BCUT2D eigenvalue weighted by Crippen LogP contribution is -2.31. The van der Waals surface area contributed by atoms with Gasteiger partial charge in [-0.15, -0.1) is 0 Å². The van der Waals surface area contributed by atoms with E-state index in [9.17, 15) is 14.7 Å². The fourth-order valence-corrected chi connectivity index (χ4v) is 3.77. The lowest BCUT2D eigenvalue weighted by Gasteiger charge is -2.25. The number of carbonyl (C=O) groups excluding carboxylic acids is 2. The number of Topliss-reactive ketones (excluding diaryl/α,β-unsaturated/α-hetero) is 1. The molecule has 158 valence electrons. The molecule has 0 bridgehead atoms. The number of hydrogen-bond acceptors (Lipinski definition) is 4. The molecule has 0 saturated carbocycles. The Morgan fingerprint density at radius 3 is 2.27 bits per heavy atom. The number of carbonyl (C=O) groups is 2. The summed E-state index contributed by atoms with van der Waals surface area (Å²) in [6, 6.07) is 14.6. The van der Waals surface area contributed by atoms with Gasteiger partial charge in [-0.25, -0.2) is 0 Å². The van der Waals surface area contributed by atoms with Crippen molar-refractivity contribution in [3.63, 3.8) is 0 Å². The molecule has 0 unspecified atom stereocenters. The minimum absolute atomic E-state index is 0.138. The summed E-state index contributed by atoms with van der Waals surface area (Å²) in [6.07, 6.45) is 0.606. The number of hydrogen-bond donors (Lipinski definition) is 1. The van der Waals surface area contributed by atoms with E-state index in [0.29, 0.717) is 31.1 Å². The molecule has 5 heteroatoms. The fourth-order valence-electron chi connectivity index (χ4n) is 3.77. The van der Waals surface area contributed by atoms with Crippen LogP contribution in [0.4, 0.5) is 0 Å². The minimum Gasteiger partial charge on any atom is -0.507 e. The van der Waals surface area contributed by atoms with Crippen molar-refractivity contribution in [1.29, 1.82) is 0 Å². The highest BCUT2D eigenvalue weighted by atomic mass is 16.5. The summed E-state index contributed by atoms with van der Waals surface area (Å²) in [5.41, 5.74) is 3.70. The smallest absolute Gasteiger partial charge is 0.295 e. The zero-order chi connectivity index (χ0) is 21.8. The normalized spacial score (nSPS) is 18.4. The third-order valence-corrected chi connectivity index (χ3v) is 5.53. The van der Waals surface area contributed by atoms with E-state index in [1.807, 2.05) is 43.3 Å². The average Bonchev–Trinajstić information content (AvgIpc) is 2.99. The number of nitrogens with zero attached hydrogens (tertiary/aromatic N) is 1. The molecule has 5 nitrogen and oxygen atoms in total. The van der Waals surface area contributed by atoms with Crippen LogP contribution in [-0.2, 0) is 14.3 Å². The van der Waals surface area contributed by atoms with E-state index in [1.54, 1.807) is 24.1 Å². The summed E-state index contributed by atoms with van der Waals surface area (Å²) in [4.78, 5) is 27.3. The molecule has 0 spiro atoms. The Labute approximate surface area is 178 Å². The predicted molar refractivity (Wildman–Crippen MR) is 117 cm³/mol. The van der Waals surface area contributed by atoms with Crippen LogP contribution in [0.15, 0.2) is 54.1 Å². The highest BCUT2D eigenvalue weighted by molar-refractivity contribution is 6.46. The van der Waals surface area contributed by atoms with Gasteiger partial charge >= 0.3 is 0 Å². The molecule has 1 fully saturated rings. The van der Waals surface area contributed by atoms with E-state index < -0.39 is 17.7 Å². The molecule has 0 aliphatic carbocycles. The number of amides is 1. The quantitative estimate of drug-likeness (QED) is 0.316. The first-order valence-corrected chi connectivity index (χ1v) is 10.3. The fraction of sp³-hybridized carbons (Fsp3) is 0.360. The van der Waals surface area contributed by atoms with Crippen molar-refractivity contribution in [1.82, 2.24) is 4.90 Å². The van der Waals surface area contributed by atoms with Crippen molar-refractivity contribution in [3.05, 3.63) is 76.4 Å². The Hall–Kier alpha value is -2.92. The van der Waals surface area contributed by atoms with Crippen LogP contribution in [0.5, 0.6) is 0 Å². The first-order valence-electron chi connectivity index (χ1n) is 10.3. The molecule has 1 saturated heterocycles. The summed E-state index contributed by atoms with van der Waals surface area (Å²) >= 11 is 0. The lowest BCUT2D eigenvalue weighted by atomic mass is 9.93. The van der Waals surface area contributed by atoms with Crippen molar-refractivity contribution >= 4 is 17.4 Å². The number of likely N-dealkylation sites (tertiary alicyclic amines) is 1. The lowest BCUT2D eigenvalue weighted by molar-refractivity contribution is -0.140. The zero-order valence-electron chi connectivity index (χ0n) is 18.0. The summed E-state index contributed by atoms with van der Waals surface area (Å²) in [7, 11) is 1.60. The van der Waals surface area contributed by atoms with Gasteiger partial charge in [0.25, 0.3) is 11.7 Å². The van der Waals surface area contributed by atoms with Gasteiger partial charge in [0, 0.05) is 25.8 Å². The first kappa shape index (κ1) is 21.8. The number of ether oxygens (including phenoxy) is 1. The van der Waals surface area contributed by atoms with Gasteiger partial charge in [-0.3, -0.25) is 9.59 Å². The summed E-state index contributed by atoms with van der Waals surface area (Å²) in [5, 5.41) is 11.0. The zero-order valence-corrected chi connectivity index (χ0v) is 18.0. The highest BCUT2D eigenvalue weighted by Gasteiger charge is 2.45. The summed E-state index contributed by atoms with van der Waals surface area (Å²) in [6.45, 7) is 7.04. The second-order valence-corrected chi connectivity index (χ2v) is 8.03. The Bertz CT molecular complexity index is 942. The summed E-state index contributed by atoms with van der Waals surface area (Å²) in [5.74, 6) is -0.999. The van der Waals surface area contributed by atoms with Crippen LogP contribution in [0.1, 0.15) is 54.5 Å². The van der Waals surface area contributed by atoms with Gasteiger partial charge in [-0.1, -0.05) is 67.9 Å². The molecule has 2 aromatic carbocycles. The van der Waals surface area contributed by atoms with Gasteiger partial charge in [0.05, 0.1) is 11.6 Å². The van der Waals surface area contributed by atoms with Crippen molar-refractivity contribution in [2.45, 2.75) is 39.2 Å². The van der Waals surface area contributed by atoms with Crippen molar-refractivity contribution in [2.24, 2.45) is 0 Å². The van der Waals surface area contributed by atoms with Crippen molar-refractivity contribution < 1.29 is 19.4 Å². The molecule has 2 aromatic rings. The second kappa shape index (κ2) is 9.26. The van der Waals surface area contributed by atoms with Gasteiger partial charge in [0.2, 0.25) is 0 Å². The number of benzene rings is 2. The van der Waals surface area contributed by atoms with Gasteiger partial charge in [-0.05, 0) is 30.4 Å². The maximum atomic E-state index is 12.9. The van der Waals surface area contributed by atoms with Crippen molar-refractivity contribution in [2.75, 3.05) is 20.3 Å². The van der Waals surface area contributed by atoms with Gasteiger partial charge < -0.3 is 14.7 Å². The van der Waals surface area contributed by atoms with Crippen LogP contribution in [0.25, 0.3) is 5.76 Å². The number of rotatable bonds is 7. The third-order valence-electron chi connectivity index (χ3n) is 5.53. The van der Waals surface area contributed by atoms with Crippen molar-refractivity contribution in [3.8, 4) is 0 Å². The van der Waals surface area contributed by atoms with E-state index in [1.165, 1.54) is 5.56 Å².